The number of carbonyl (C=O) groups excluding carboxylic acids is 2. The monoisotopic (exact) mass is 404 g/mol. The quantitative estimate of drug-likeness (QED) is 0.420. The zero-order chi connectivity index (χ0) is 21.1. The van der Waals surface area contributed by atoms with Gasteiger partial charge >= 0.3 is 0 Å². The molecule has 28 heavy (non-hydrogen) atoms. The largest absolute Gasteiger partial charge is 0.481 e. The molecule has 0 radical (unpaired) electrons. The van der Waals surface area contributed by atoms with Gasteiger partial charge in [-0.1, -0.05) is 32.4 Å². The van der Waals surface area contributed by atoms with E-state index in [1.807, 2.05) is 20.8 Å². The third-order valence-corrected chi connectivity index (χ3v) is 4.20. The maximum Gasteiger partial charge on any atom is 0.271 e. The van der Waals surface area contributed by atoms with Crippen LogP contribution in [0.5, 0.6) is 5.75 Å². The standard InChI is InChI=1S/C20H21ClN2O5/c1-12(28-17-10-9-15(23(26)27)11-16(17)21)18(24)13-5-7-14(8-6-13)22-19(25)20(2,3)4/h5-12H,1-4H3,(H,22,25)/t12-/m0/s1. The lowest BCUT2D eigenvalue weighted by Gasteiger charge is -2.18. The molecular formula is C20H21ClN2O5. The van der Waals surface area contributed by atoms with Gasteiger partial charge in [0, 0.05) is 28.8 Å². The first-order valence-corrected chi connectivity index (χ1v) is 8.93. The van der Waals surface area contributed by atoms with Crippen LogP contribution in [0.2, 0.25) is 5.02 Å². The van der Waals surface area contributed by atoms with Crippen molar-refractivity contribution < 1.29 is 19.2 Å². The minimum Gasteiger partial charge on any atom is -0.481 e. The van der Waals surface area contributed by atoms with Gasteiger partial charge < -0.3 is 10.1 Å². The predicted octanol–water partition coefficient (Wildman–Crippen LogP) is 4.88. The molecule has 0 aliphatic carbocycles. The Labute approximate surface area is 167 Å². The highest BCUT2D eigenvalue weighted by Crippen LogP contribution is 2.30. The second kappa shape index (κ2) is 8.39. The third-order valence-electron chi connectivity index (χ3n) is 3.91. The number of halogens is 1. The van der Waals surface area contributed by atoms with E-state index < -0.39 is 16.4 Å². The summed E-state index contributed by atoms with van der Waals surface area (Å²) >= 11 is 5.99. The van der Waals surface area contributed by atoms with Crippen molar-refractivity contribution in [2.45, 2.75) is 33.8 Å². The van der Waals surface area contributed by atoms with Gasteiger partial charge in [0.1, 0.15) is 5.75 Å². The van der Waals surface area contributed by atoms with Gasteiger partial charge in [-0.15, -0.1) is 0 Å². The summed E-state index contributed by atoms with van der Waals surface area (Å²) < 4.78 is 5.56. The summed E-state index contributed by atoms with van der Waals surface area (Å²) in [5.41, 5.74) is 0.299. The summed E-state index contributed by atoms with van der Waals surface area (Å²) in [6, 6.07) is 10.3. The van der Waals surface area contributed by atoms with Crippen molar-refractivity contribution in [3.63, 3.8) is 0 Å². The van der Waals surface area contributed by atoms with E-state index in [1.54, 1.807) is 31.2 Å². The number of rotatable bonds is 6. The second-order valence-corrected chi connectivity index (χ2v) is 7.68. The SMILES string of the molecule is C[C@H](Oc1ccc([N+](=O)[O-])cc1Cl)C(=O)c1ccc(NC(=O)C(C)(C)C)cc1. The molecule has 2 aromatic rings. The Bertz CT molecular complexity index is 904. The van der Waals surface area contributed by atoms with Crippen LogP contribution in [0.1, 0.15) is 38.1 Å². The van der Waals surface area contributed by atoms with E-state index in [0.717, 1.165) is 0 Å². The molecule has 0 fully saturated rings. The number of nitrogens with one attached hydrogen (secondary N) is 1. The van der Waals surface area contributed by atoms with E-state index in [4.69, 9.17) is 16.3 Å². The summed E-state index contributed by atoms with van der Waals surface area (Å²) in [6.07, 6.45) is -0.853. The average molecular weight is 405 g/mol. The fourth-order valence-electron chi connectivity index (χ4n) is 2.21. The first kappa shape index (κ1) is 21.4. The Balaban J connectivity index is 2.07. The van der Waals surface area contributed by atoms with Gasteiger partial charge in [-0.05, 0) is 37.3 Å². The van der Waals surface area contributed by atoms with Crippen LogP contribution in [0.15, 0.2) is 42.5 Å². The van der Waals surface area contributed by atoms with E-state index in [1.165, 1.54) is 18.2 Å². The van der Waals surface area contributed by atoms with Crippen molar-refractivity contribution in [1.29, 1.82) is 0 Å². The molecule has 0 saturated heterocycles. The van der Waals surface area contributed by atoms with Crippen LogP contribution in [0.3, 0.4) is 0 Å². The van der Waals surface area contributed by atoms with Gasteiger partial charge in [0.2, 0.25) is 11.7 Å². The zero-order valence-electron chi connectivity index (χ0n) is 16.0. The number of nitro benzene ring substituents is 1. The smallest absolute Gasteiger partial charge is 0.271 e. The van der Waals surface area contributed by atoms with Crippen molar-refractivity contribution >= 4 is 34.7 Å². The average Bonchev–Trinajstić information content (AvgIpc) is 2.62. The number of hydrogen-bond donors (Lipinski definition) is 1. The molecule has 1 amide bonds. The van der Waals surface area contributed by atoms with Crippen LogP contribution >= 0.6 is 11.6 Å². The van der Waals surface area contributed by atoms with Crippen LogP contribution in [-0.4, -0.2) is 22.7 Å². The van der Waals surface area contributed by atoms with Crippen molar-refractivity contribution in [2.24, 2.45) is 5.41 Å². The van der Waals surface area contributed by atoms with Gasteiger partial charge in [-0.2, -0.15) is 0 Å². The Kier molecular flexibility index (Phi) is 6.41. The van der Waals surface area contributed by atoms with Crippen molar-refractivity contribution in [3.8, 4) is 5.75 Å². The van der Waals surface area contributed by atoms with Gasteiger partial charge in [-0.25, -0.2) is 0 Å². The number of hydrogen-bond acceptors (Lipinski definition) is 5. The lowest BCUT2D eigenvalue weighted by Crippen LogP contribution is -2.27. The number of non-ortho nitro benzene ring substituents is 1. The van der Waals surface area contributed by atoms with Crippen LogP contribution in [0.25, 0.3) is 0 Å². The van der Waals surface area contributed by atoms with E-state index >= 15 is 0 Å². The van der Waals surface area contributed by atoms with Crippen LogP contribution in [-0.2, 0) is 4.79 Å². The molecule has 0 bridgehead atoms. The molecule has 8 heteroatoms. The van der Waals surface area contributed by atoms with E-state index in [-0.39, 0.29) is 28.1 Å². The van der Waals surface area contributed by atoms with Crippen LogP contribution in [0.4, 0.5) is 11.4 Å². The highest BCUT2D eigenvalue weighted by molar-refractivity contribution is 6.32. The second-order valence-electron chi connectivity index (χ2n) is 7.28. The lowest BCUT2D eigenvalue weighted by atomic mass is 9.95. The van der Waals surface area contributed by atoms with E-state index in [9.17, 15) is 19.7 Å². The number of Topliss-reactive ketones (excluding diaryl/α,β-unsaturated/α-hetero) is 1. The molecule has 0 aromatic heterocycles. The van der Waals surface area contributed by atoms with E-state index in [2.05, 4.69) is 5.32 Å². The molecule has 7 nitrogen and oxygen atoms in total. The normalized spacial score (nSPS) is 12.2. The number of nitrogens with zero attached hydrogens (tertiary/aromatic N) is 1. The molecule has 148 valence electrons. The Hall–Kier alpha value is -2.93. The lowest BCUT2D eigenvalue weighted by molar-refractivity contribution is -0.384. The molecule has 2 rings (SSSR count). The third kappa shape index (κ3) is 5.29. The number of amides is 1. The molecular weight excluding hydrogens is 384 g/mol. The first-order valence-electron chi connectivity index (χ1n) is 8.55. The molecule has 0 unspecified atom stereocenters. The maximum absolute atomic E-state index is 12.6. The van der Waals surface area contributed by atoms with Crippen LogP contribution in [0, 0.1) is 15.5 Å². The summed E-state index contributed by atoms with van der Waals surface area (Å²) in [5.74, 6) is -0.235. The first-order chi connectivity index (χ1) is 13.0. The molecule has 0 saturated carbocycles. The number of benzene rings is 2. The van der Waals surface area contributed by atoms with Crippen molar-refractivity contribution in [1.82, 2.24) is 0 Å². The number of ketones is 1. The molecule has 0 spiro atoms. The predicted molar refractivity (Wildman–Crippen MR) is 107 cm³/mol. The fraction of sp³-hybridized carbons (Fsp3) is 0.300. The molecule has 1 atom stereocenters. The van der Waals surface area contributed by atoms with Gasteiger partial charge in [0.05, 0.1) is 9.95 Å². The number of ether oxygens (including phenoxy) is 1. The zero-order valence-corrected chi connectivity index (χ0v) is 16.7. The Morgan fingerprint density at radius 1 is 1.14 bits per heavy atom. The summed E-state index contributed by atoms with van der Waals surface area (Å²) in [4.78, 5) is 34.8. The molecule has 1 N–H and O–H groups in total. The minimum absolute atomic E-state index is 0.0501. The molecule has 0 aliphatic rings. The topological polar surface area (TPSA) is 98.5 Å². The molecule has 2 aromatic carbocycles. The minimum atomic E-state index is -0.853. The summed E-state index contributed by atoms with van der Waals surface area (Å²) in [6.45, 7) is 6.99. The number of carbonyl (C=O) groups is 2. The number of anilines is 1. The van der Waals surface area contributed by atoms with Gasteiger partial charge in [-0.3, -0.25) is 19.7 Å². The fourth-order valence-corrected chi connectivity index (χ4v) is 2.43. The van der Waals surface area contributed by atoms with E-state index in [0.29, 0.717) is 11.3 Å². The van der Waals surface area contributed by atoms with Gasteiger partial charge in [0.25, 0.3) is 5.69 Å². The summed E-state index contributed by atoms with van der Waals surface area (Å²) in [5, 5.41) is 13.6. The number of nitro groups is 1. The van der Waals surface area contributed by atoms with Crippen molar-refractivity contribution in [2.75, 3.05) is 5.32 Å². The Morgan fingerprint density at radius 2 is 1.75 bits per heavy atom. The maximum atomic E-state index is 12.6. The molecule has 0 aliphatic heterocycles. The molecule has 0 heterocycles. The highest BCUT2D eigenvalue weighted by Gasteiger charge is 2.22. The van der Waals surface area contributed by atoms with Crippen LogP contribution < -0.4 is 10.1 Å². The highest BCUT2D eigenvalue weighted by atomic mass is 35.5. The van der Waals surface area contributed by atoms with Crippen molar-refractivity contribution in [3.05, 3.63) is 63.2 Å². The van der Waals surface area contributed by atoms with Gasteiger partial charge in [0.15, 0.2) is 6.10 Å². The Morgan fingerprint density at radius 3 is 2.25 bits per heavy atom. The summed E-state index contributed by atoms with van der Waals surface area (Å²) in [7, 11) is 0.